The maximum atomic E-state index is 14.9. The van der Waals surface area contributed by atoms with Gasteiger partial charge in [0.2, 0.25) is 5.91 Å². The fourth-order valence-electron chi connectivity index (χ4n) is 7.19. The number of anilines is 1. The van der Waals surface area contributed by atoms with Crippen LogP contribution in [0.2, 0.25) is 0 Å². The molecule has 7 rings (SSSR count). The van der Waals surface area contributed by atoms with Crippen LogP contribution in [0.1, 0.15) is 62.2 Å². The standard InChI is InChI=1S/C35H30N2O3S/c1-21(2)20-22-13-15-24(16-14-22)31(38)29-30(32(39)28-12-7-19-41-28)37-18-17-23-8-3-4-9-25(23)33(37)35(29)26-10-5-6-11-27(26)36-34(35)40/h3-19,21,29-30,33H,20H2,1-2H3,(H,36,40)/t29-,30+,33+,35-/m0/s1. The van der Waals surface area contributed by atoms with E-state index in [1.807, 2.05) is 101 Å². The van der Waals surface area contributed by atoms with Crippen molar-refractivity contribution in [3.8, 4) is 0 Å². The van der Waals surface area contributed by atoms with Gasteiger partial charge >= 0.3 is 0 Å². The van der Waals surface area contributed by atoms with Gasteiger partial charge in [0.15, 0.2) is 11.6 Å². The van der Waals surface area contributed by atoms with E-state index in [-0.39, 0.29) is 17.5 Å². The summed E-state index contributed by atoms with van der Waals surface area (Å²) in [4.78, 5) is 46.3. The molecule has 3 aliphatic heterocycles. The van der Waals surface area contributed by atoms with Crippen molar-refractivity contribution < 1.29 is 14.4 Å². The summed E-state index contributed by atoms with van der Waals surface area (Å²) in [6.07, 6.45) is 4.81. The molecule has 6 heteroatoms. The molecular weight excluding hydrogens is 528 g/mol. The number of rotatable bonds is 6. The molecule has 4 atom stereocenters. The summed E-state index contributed by atoms with van der Waals surface area (Å²) >= 11 is 1.37. The molecule has 41 heavy (non-hydrogen) atoms. The Kier molecular flexibility index (Phi) is 6.05. The number of ketones is 2. The lowest BCUT2D eigenvalue weighted by atomic mass is 9.62. The van der Waals surface area contributed by atoms with Crippen molar-refractivity contribution in [2.24, 2.45) is 11.8 Å². The molecule has 1 fully saturated rings. The molecule has 4 heterocycles. The number of carbonyl (C=O) groups is 3. The Hall–Kier alpha value is -4.29. The average Bonchev–Trinajstić information content (AvgIpc) is 3.69. The van der Waals surface area contributed by atoms with Crippen LogP contribution in [-0.4, -0.2) is 28.4 Å². The number of hydrogen-bond donors (Lipinski definition) is 1. The first kappa shape index (κ1) is 25.7. The van der Waals surface area contributed by atoms with Gasteiger partial charge in [-0.25, -0.2) is 0 Å². The molecule has 0 saturated carbocycles. The van der Waals surface area contributed by atoms with E-state index in [0.29, 0.717) is 22.0 Å². The quantitative estimate of drug-likeness (QED) is 0.261. The Bertz CT molecular complexity index is 1710. The minimum Gasteiger partial charge on any atom is -0.358 e. The lowest BCUT2D eigenvalue weighted by Gasteiger charge is -2.38. The van der Waals surface area contributed by atoms with Gasteiger partial charge in [-0.15, -0.1) is 11.3 Å². The zero-order chi connectivity index (χ0) is 28.3. The molecule has 0 aliphatic carbocycles. The molecule has 1 N–H and O–H groups in total. The highest BCUT2D eigenvalue weighted by Gasteiger charge is 2.70. The van der Waals surface area contributed by atoms with Crippen molar-refractivity contribution in [1.82, 2.24) is 4.90 Å². The van der Waals surface area contributed by atoms with Crippen LogP contribution in [0, 0.1) is 11.8 Å². The molecule has 3 aromatic carbocycles. The third-order valence-electron chi connectivity index (χ3n) is 8.77. The summed E-state index contributed by atoms with van der Waals surface area (Å²) in [5.74, 6) is -1.03. The fourth-order valence-corrected chi connectivity index (χ4v) is 7.89. The summed E-state index contributed by atoms with van der Waals surface area (Å²) < 4.78 is 0. The highest BCUT2D eigenvalue weighted by Crippen LogP contribution is 2.62. The van der Waals surface area contributed by atoms with Gasteiger partial charge in [0, 0.05) is 17.5 Å². The number of benzene rings is 3. The summed E-state index contributed by atoms with van der Waals surface area (Å²) in [5.41, 5.74) is 3.75. The predicted molar refractivity (Wildman–Crippen MR) is 162 cm³/mol. The average molecular weight is 559 g/mol. The molecule has 1 aromatic heterocycles. The van der Waals surface area contributed by atoms with Crippen molar-refractivity contribution in [2.45, 2.75) is 37.8 Å². The van der Waals surface area contributed by atoms with E-state index in [9.17, 15) is 14.4 Å². The minimum atomic E-state index is -1.30. The van der Waals surface area contributed by atoms with Crippen LogP contribution in [0.4, 0.5) is 5.69 Å². The zero-order valence-corrected chi connectivity index (χ0v) is 23.7. The van der Waals surface area contributed by atoms with Crippen LogP contribution in [0.15, 0.2) is 96.5 Å². The number of fused-ring (bicyclic) bond motifs is 6. The Morgan fingerprint density at radius 1 is 0.927 bits per heavy atom. The molecule has 1 amide bonds. The molecule has 4 aromatic rings. The second-order valence-corrected chi connectivity index (χ2v) is 12.5. The number of thiophene rings is 1. The Morgan fingerprint density at radius 2 is 1.68 bits per heavy atom. The molecule has 204 valence electrons. The Labute approximate surface area is 243 Å². The Balaban J connectivity index is 1.48. The highest BCUT2D eigenvalue weighted by molar-refractivity contribution is 7.12. The zero-order valence-electron chi connectivity index (χ0n) is 22.9. The van der Waals surface area contributed by atoms with E-state index in [1.165, 1.54) is 11.3 Å². The van der Waals surface area contributed by atoms with Crippen LogP contribution in [-0.2, 0) is 16.6 Å². The first-order valence-corrected chi connectivity index (χ1v) is 15.0. The maximum Gasteiger partial charge on any atom is 0.238 e. The summed E-state index contributed by atoms with van der Waals surface area (Å²) in [6.45, 7) is 4.33. The highest BCUT2D eigenvalue weighted by atomic mass is 32.1. The van der Waals surface area contributed by atoms with Crippen molar-refractivity contribution in [3.63, 3.8) is 0 Å². The molecule has 0 bridgehead atoms. The van der Waals surface area contributed by atoms with Crippen molar-refractivity contribution in [2.75, 3.05) is 5.32 Å². The number of Topliss-reactive ketones (excluding diaryl/α,β-unsaturated/α-hetero) is 2. The minimum absolute atomic E-state index is 0.141. The van der Waals surface area contributed by atoms with Crippen LogP contribution >= 0.6 is 11.3 Å². The molecule has 0 unspecified atom stereocenters. The second kappa shape index (κ2) is 9.67. The monoisotopic (exact) mass is 558 g/mol. The van der Waals surface area contributed by atoms with E-state index < -0.39 is 23.4 Å². The van der Waals surface area contributed by atoms with Crippen molar-refractivity contribution in [1.29, 1.82) is 0 Å². The SMILES string of the molecule is CC(C)Cc1ccc(C(=O)[C@@H]2[C@H](C(=O)c3cccs3)N3C=Cc4ccccc4[C@@H]3[C@@]23C(=O)Nc2ccccc23)cc1. The van der Waals surface area contributed by atoms with E-state index in [2.05, 4.69) is 19.2 Å². The first-order valence-electron chi connectivity index (χ1n) is 14.1. The third kappa shape index (κ3) is 3.77. The van der Waals surface area contributed by atoms with Gasteiger partial charge in [0.1, 0.15) is 11.5 Å². The normalized spacial score (nSPS) is 23.8. The van der Waals surface area contributed by atoms with Gasteiger partial charge in [0.25, 0.3) is 0 Å². The second-order valence-electron chi connectivity index (χ2n) is 11.6. The first-order chi connectivity index (χ1) is 19.9. The molecule has 5 nitrogen and oxygen atoms in total. The van der Waals surface area contributed by atoms with E-state index >= 15 is 0 Å². The van der Waals surface area contributed by atoms with Crippen molar-refractivity contribution in [3.05, 3.63) is 129 Å². The molecule has 0 radical (unpaired) electrons. The smallest absolute Gasteiger partial charge is 0.238 e. The Morgan fingerprint density at radius 3 is 2.44 bits per heavy atom. The van der Waals surface area contributed by atoms with Gasteiger partial charge in [-0.1, -0.05) is 86.6 Å². The molecule has 3 aliphatic rings. The van der Waals surface area contributed by atoms with Crippen LogP contribution in [0.5, 0.6) is 0 Å². The number of amides is 1. The van der Waals surface area contributed by atoms with Crippen LogP contribution in [0.25, 0.3) is 6.08 Å². The number of nitrogens with one attached hydrogen (secondary N) is 1. The lowest BCUT2D eigenvalue weighted by molar-refractivity contribution is -0.122. The third-order valence-corrected chi connectivity index (χ3v) is 9.65. The van der Waals surface area contributed by atoms with E-state index in [1.54, 1.807) is 6.07 Å². The lowest BCUT2D eigenvalue weighted by Crippen LogP contribution is -2.49. The van der Waals surface area contributed by atoms with Gasteiger partial charge in [-0.3, -0.25) is 14.4 Å². The maximum absolute atomic E-state index is 14.9. The largest absolute Gasteiger partial charge is 0.358 e. The van der Waals surface area contributed by atoms with Crippen molar-refractivity contribution >= 4 is 40.6 Å². The van der Waals surface area contributed by atoms with Crippen LogP contribution in [0.3, 0.4) is 0 Å². The number of hydrogen-bond acceptors (Lipinski definition) is 5. The summed E-state index contributed by atoms with van der Waals surface area (Å²) in [5, 5.41) is 4.98. The summed E-state index contributed by atoms with van der Waals surface area (Å²) in [6, 6.07) is 25.6. The van der Waals surface area contributed by atoms with Gasteiger partial charge in [-0.05, 0) is 58.2 Å². The van der Waals surface area contributed by atoms with Gasteiger partial charge < -0.3 is 10.2 Å². The van der Waals surface area contributed by atoms with Gasteiger partial charge in [0.05, 0.1) is 16.8 Å². The number of para-hydroxylation sites is 1. The molecular formula is C35H30N2O3S. The number of carbonyl (C=O) groups excluding carboxylic acids is 3. The number of nitrogens with zero attached hydrogens (tertiary/aromatic N) is 1. The molecule has 1 spiro atoms. The topological polar surface area (TPSA) is 66.5 Å². The van der Waals surface area contributed by atoms with Gasteiger partial charge in [-0.2, -0.15) is 0 Å². The predicted octanol–water partition coefficient (Wildman–Crippen LogP) is 6.93. The van der Waals surface area contributed by atoms with E-state index in [0.717, 1.165) is 28.7 Å². The summed E-state index contributed by atoms with van der Waals surface area (Å²) in [7, 11) is 0. The molecule has 1 saturated heterocycles. The van der Waals surface area contributed by atoms with E-state index in [4.69, 9.17) is 0 Å². The fraction of sp³-hybridized carbons (Fsp3) is 0.229. The van der Waals surface area contributed by atoms with Crippen LogP contribution < -0.4 is 5.32 Å².